The van der Waals surface area contributed by atoms with Crippen molar-refractivity contribution in [2.75, 3.05) is 15.5 Å². The maximum Gasteiger partial charge on any atom is 0.129 e. The Kier molecular flexibility index (Phi) is 6.21. The lowest BCUT2D eigenvalue weighted by atomic mass is 9.85. The van der Waals surface area contributed by atoms with Crippen molar-refractivity contribution in [3.8, 4) is 16.9 Å². The third-order valence-corrected chi connectivity index (χ3v) is 7.71. The summed E-state index contributed by atoms with van der Waals surface area (Å²) >= 11 is 2.40. The summed E-state index contributed by atoms with van der Waals surface area (Å²) < 4.78 is 21.8. The molecule has 0 saturated carbocycles. The predicted molar refractivity (Wildman–Crippen MR) is 141 cm³/mol. The van der Waals surface area contributed by atoms with Crippen LogP contribution in [0.3, 0.4) is 0 Å². The zero-order valence-electron chi connectivity index (χ0n) is 19.1. The average Bonchev–Trinajstić information content (AvgIpc) is 2.76. The van der Waals surface area contributed by atoms with Gasteiger partial charge in [0.25, 0.3) is 0 Å². The van der Waals surface area contributed by atoms with Gasteiger partial charge in [-0.05, 0) is 74.7 Å². The van der Waals surface area contributed by atoms with Crippen LogP contribution >= 0.6 is 22.9 Å². The number of halogens is 2. The lowest BCUT2D eigenvalue weighted by Crippen LogP contribution is -2.38. The fourth-order valence-electron chi connectivity index (χ4n) is 4.39. The molecule has 1 N–H and O–H groups in total. The minimum absolute atomic E-state index is 0.0889. The Hall–Kier alpha value is -2.54. The van der Waals surface area contributed by atoms with E-state index in [0.717, 1.165) is 16.8 Å². The number of anilines is 2. The molecule has 0 atom stereocenters. The number of methoxy groups -OCH3 is 1. The van der Waals surface area contributed by atoms with Gasteiger partial charge in [0.2, 0.25) is 0 Å². The lowest BCUT2D eigenvalue weighted by Gasteiger charge is -2.39. The molecule has 5 heteroatoms. The molecule has 0 aromatic heterocycles. The van der Waals surface area contributed by atoms with Gasteiger partial charge in [-0.3, -0.25) is 0 Å². The van der Waals surface area contributed by atoms with E-state index in [1.54, 1.807) is 13.2 Å². The molecule has 0 radical (unpaired) electrons. The van der Waals surface area contributed by atoms with Crippen molar-refractivity contribution < 1.29 is 9.13 Å². The number of nitrogens with zero attached hydrogens (tertiary/aromatic N) is 1. The third-order valence-electron chi connectivity index (χ3n) is 5.95. The Bertz CT molecular complexity index is 1190. The lowest BCUT2D eigenvalue weighted by molar-refractivity contribution is 0.413. The smallest absolute Gasteiger partial charge is 0.129 e. The van der Waals surface area contributed by atoms with Gasteiger partial charge >= 0.3 is 0 Å². The number of hydrogen-bond acceptors (Lipinski definition) is 3. The van der Waals surface area contributed by atoms with Crippen LogP contribution in [0, 0.1) is 12.7 Å². The highest BCUT2D eigenvalue weighted by atomic mass is 127. The highest BCUT2D eigenvalue weighted by molar-refractivity contribution is 14.1. The van der Waals surface area contributed by atoms with Crippen LogP contribution in [0.1, 0.15) is 37.5 Å². The second kappa shape index (κ2) is 8.77. The molecule has 0 bridgehead atoms. The van der Waals surface area contributed by atoms with Gasteiger partial charge in [0.05, 0.1) is 41.2 Å². The highest BCUT2D eigenvalue weighted by Gasteiger charge is 2.32. The van der Waals surface area contributed by atoms with Gasteiger partial charge in [-0.2, -0.15) is 0 Å². The monoisotopic (exact) mass is 542 g/mol. The quantitative estimate of drug-likeness (QED) is 0.263. The standard InChI is InChI=1S/C27H28FIN2O/c1-17-6-9-20(10-7-17)30-16-23-21(22-11-8-19(28)14-25(22)32-5)12-13-24-26(23)18(2)15-27(3,4)31(24)29/h6-15,30H,16H2,1-5H3. The maximum absolute atomic E-state index is 13.9. The molecule has 1 aliphatic rings. The molecule has 3 aromatic carbocycles. The van der Waals surface area contributed by atoms with E-state index in [9.17, 15) is 4.39 Å². The number of benzene rings is 3. The predicted octanol–water partition coefficient (Wildman–Crippen LogP) is 7.77. The SMILES string of the molecule is COc1cc(F)ccc1-c1ccc2c(c1CNc1ccc(C)cc1)C(C)=CC(C)(C)N2I. The fourth-order valence-corrected chi connectivity index (χ4v) is 4.93. The number of fused-ring (bicyclic) bond motifs is 1. The zero-order valence-corrected chi connectivity index (χ0v) is 21.2. The van der Waals surface area contributed by atoms with Crippen molar-refractivity contribution in [2.45, 2.75) is 39.8 Å². The van der Waals surface area contributed by atoms with E-state index >= 15 is 0 Å². The largest absolute Gasteiger partial charge is 0.496 e. The molecule has 0 spiro atoms. The fraction of sp³-hybridized carbons (Fsp3) is 0.259. The topological polar surface area (TPSA) is 24.5 Å². The van der Waals surface area contributed by atoms with Crippen molar-refractivity contribution in [1.82, 2.24) is 0 Å². The van der Waals surface area contributed by atoms with Crippen LogP contribution in [0.15, 0.2) is 60.7 Å². The molecule has 0 saturated heterocycles. The molecule has 0 amide bonds. The molecule has 0 aliphatic carbocycles. The second-order valence-corrected chi connectivity index (χ2v) is 9.78. The maximum atomic E-state index is 13.9. The summed E-state index contributed by atoms with van der Waals surface area (Å²) in [6.07, 6.45) is 2.31. The number of aryl methyl sites for hydroxylation is 1. The number of ether oxygens (including phenoxy) is 1. The second-order valence-electron chi connectivity index (χ2n) is 8.81. The molecule has 3 aromatic rings. The van der Waals surface area contributed by atoms with E-state index < -0.39 is 0 Å². The van der Waals surface area contributed by atoms with Gasteiger partial charge in [0.15, 0.2) is 0 Å². The summed E-state index contributed by atoms with van der Waals surface area (Å²) in [7, 11) is 1.58. The van der Waals surface area contributed by atoms with Gasteiger partial charge in [-0.25, -0.2) is 4.39 Å². The van der Waals surface area contributed by atoms with Crippen molar-refractivity contribution in [3.63, 3.8) is 0 Å². The summed E-state index contributed by atoms with van der Waals surface area (Å²) in [6.45, 7) is 9.32. The number of hydrogen-bond donors (Lipinski definition) is 1. The Morgan fingerprint density at radius 1 is 1.00 bits per heavy atom. The third kappa shape index (κ3) is 4.22. The summed E-state index contributed by atoms with van der Waals surface area (Å²) in [5, 5.41) is 3.59. The summed E-state index contributed by atoms with van der Waals surface area (Å²) in [5.41, 5.74) is 8.92. The van der Waals surface area contributed by atoms with Crippen LogP contribution in [0.2, 0.25) is 0 Å². The molecular weight excluding hydrogens is 514 g/mol. The number of nitrogens with one attached hydrogen (secondary N) is 1. The first-order valence-corrected chi connectivity index (χ1v) is 11.6. The summed E-state index contributed by atoms with van der Waals surface area (Å²) in [6, 6.07) is 17.4. The molecule has 0 unspecified atom stereocenters. The first kappa shape index (κ1) is 22.6. The van der Waals surface area contributed by atoms with E-state index in [1.807, 2.05) is 0 Å². The minimum Gasteiger partial charge on any atom is -0.496 e. The van der Waals surface area contributed by atoms with Crippen LogP contribution in [0.4, 0.5) is 15.8 Å². The molecular formula is C27H28FIN2O. The first-order valence-electron chi connectivity index (χ1n) is 10.7. The van der Waals surface area contributed by atoms with Crippen molar-refractivity contribution in [1.29, 1.82) is 0 Å². The number of rotatable bonds is 5. The van der Waals surface area contributed by atoms with Crippen LogP contribution in [0.25, 0.3) is 16.7 Å². The summed E-state index contributed by atoms with van der Waals surface area (Å²) in [5.74, 6) is 0.227. The molecule has 1 aliphatic heterocycles. The first-order chi connectivity index (χ1) is 15.2. The van der Waals surface area contributed by atoms with Crippen LogP contribution in [-0.2, 0) is 6.54 Å². The zero-order chi connectivity index (χ0) is 23.0. The van der Waals surface area contributed by atoms with Crippen molar-refractivity contribution >= 4 is 39.8 Å². The van der Waals surface area contributed by atoms with E-state index in [1.165, 1.54) is 40.1 Å². The highest BCUT2D eigenvalue weighted by Crippen LogP contribution is 2.46. The van der Waals surface area contributed by atoms with Crippen LogP contribution in [-0.4, -0.2) is 12.6 Å². The average molecular weight is 542 g/mol. The summed E-state index contributed by atoms with van der Waals surface area (Å²) in [4.78, 5) is 0. The Morgan fingerprint density at radius 3 is 2.38 bits per heavy atom. The van der Waals surface area contributed by atoms with Gasteiger partial charge in [-0.1, -0.05) is 29.8 Å². The molecule has 3 nitrogen and oxygen atoms in total. The van der Waals surface area contributed by atoms with E-state index in [-0.39, 0.29) is 11.4 Å². The van der Waals surface area contributed by atoms with Crippen LogP contribution < -0.4 is 13.2 Å². The molecule has 32 heavy (non-hydrogen) atoms. The van der Waals surface area contributed by atoms with Gasteiger partial charge in [0.1, 0.15) is 11.6 Å². The molecule has 166 valence electrons. The van der Waals surface area contributed by atoms with Gasteiger partial charge < -0.3 is 13.2 Å². The Morgan fingerprint density at radius 2 is 1.69 bits per heavy atom. The van der Waals surface area contributed by atoms with E-state index in [2.05, 4.69) is 101 Å². The van der Waals surface area contributed by atoms with E-state index in [0.29, 0.717) is 12.3 Å². The van der Waals surface area contributed by atoms with Gasteiger partial charge in [-0.15, -0.1) is 0 Å². The van der Waals surface area contributed by atoms with E-state index in [4.69, 9.17) is 4.74 Å². The Balaban J connectivity index is 1.89. The minimum atomic E-state index is -0.306. The Labute approximate surface area is 203 Å². The molecule has 1 heterocycles. The molecule has 0 fully saturated rings. The van der Waals surface area contributed by atoms with Crippen molar-refractivity contribution in [3.05, 3.63) is 83.2 Å². The van der Waals surface area contributed by atoms with Crippen molar-refractivity contribution in [2.24, 2.45) is 0 Å². The van der Waals surface area contributed by atoms with Gasteiger partial charge in [0, 0.05) is 29.4 Å². The normalized spacial score (nSPS) is 14.6. The van der Waals surface area contributed by atoms with Crippen LogP contribution in [0.5, 0.6) is 5.75 Å². The number of allylic oxidation sites excluding steroid dienone is 1. The molecule has 4 rings (SSSR count).